The van der Waals surface area contributed by atoms with E-state index in [1.165, 1.54) is 7.11 Å². The van der Waals surface area contributed by atoms with E-state index in [4.69, 9.17) is 4.74 Å². The lowest BCUT2D eigenvalue weighted by Gasteiger charge is -2.27. The highest BCUT2D eigenvalue weighted by Gasteiger charge is 2.13. The Morgan fingerprint density at radius 3 is 3.05 bits per heavy atom. The molecule has 0 amide bonds. The van der Waals surface area contributed by atoms with Crippen molar-refractivity contribution in [2.24, 2.45) is 0 Å². The van der Waals surface area contributed by atoms with Crippen molar-refractivity contribution >= 4 is 11.8 Å². The van der Waals surface area contributed by atoms with Crippen molar-refractivity contribution < 1.29 is 9.53 Å². The fourth-order valence-corrected chi connectivity index (χ4v) is 2.09. The Kier molecular flexibility index (Phi) is 5.11. The van der Waals surface area contributed by atoms with Gasteiger partial charge in [0.2, 0.25) is 0 Å². The van der Waals surface area contributed by atoms with E-state index in [1.807, 2.05) is 0 Å². The molecule has 2 N–H and O–H groups in total. The molecule has 0 bridgehead atoms. The van der Waals surface area contributed by atoms with Gasteiger partial charge in [-0.15, -0.1) is 0 Å². The Labute approximate surface area is 113 Å². The van der Waals surface area contributed by atoms with Gasteiger partial charge in [0, 0.05) is 45.5 Å². The normalized spacial score (nSPS) is 16.1. The molecule has 6 heteroatoms. The molecule has 1 aromatic rings. The SMILES string of the molecule is COC(=O)c1cccnc1NCCN1CCNCC1. The van der Waals surface area contributed by atoms with Crippen LogP contribution in [0.1, 0.15) is 10.4 Å². The number of pyridine rings is 1. The van der Waals surface area contributed by atoms with Gasteiger partial charge in [-0.2, -0.15) is 0 Å². The Bertz CT molecular complexity index is 419. The van der Waals surface area contributed by atoms with Crippen LogP contribution in [-0.4, -0.2) is 62.2 Å². The molecule has 0 aliphatic carbocycles. The van der Waals surface area contributed by atoms with E-state index in [-0.39, 0.29) is 5.97 Å². The first kappa shape index (κ1) is 13.8. The Hall–Kier alpha value is -1.66. The number of anilines is 1. The number of hydrogen-bond donors (Lipinski definition) is 2. The Morgan fingerprint density at radius 1 is 1.53 bits per heavy atom. The Balaban J connectivity index is 1.86. The second-order valence-electron chi connectivity index (χ2n) is 4.41. The molecular weight excluding hydrogens is 244 g/mol. The fraction of sp³-hybridized carbons (Fsp3) is 0.538. The van der Waals surface area contributed by atoms with Crippen molar-refractivity contribution in [2.75, 3.05) is 51.7 Å². The van der Waals surface area contributed by atoms with Crippen LogP contribution in [0.5, 0.6) is 0 Å². The topological polar surface area (TPSA) is 66.5 Å². The van der Waals surface area contributed by atoms with Crippen molar-refractivity contribution in [2.45, 2.75) is 0 Å². The second kappa shape index (κ2) is 7.06. The van der Waals surface area contributed by atoms with Crippen LogP contribution in [0, 0.1) is 0 Å². The molecule has 1 saturated heterocycles. The molecule has 2 heterocycles. The zero-order valence-corrected chi connectivity index (χ0v) is 11.2. The minimum atomic E-state index is -0.363. The smallest absolute Gasteiger partial charge is 0.341 e. The number of esters is 1. The molecule has 0 aromatic carbocycles. The van der Waals surface area contributed by atoms with Crippen LogP contribution in [0.4, 0.5) is 5.82 Å². The number of ether oxygens (including phenoxy) is 1. The molecule has 0 spiro atoms. The molecule has 1 aliphatic rings. The molecule has 0 radical (unpaired) electrons. The second-order valence-corrected chi connectivity index (χ2v) is 4.41. The van der Waals surface area contributed by atoms with Gasteiger partial charge in [-0.05, 0) is 12.1 Å². The van der Waals surface area contributed by atoms with Gasteiger partial charge in [-0.25, -0.2) is 9.78 Å². The maximum Gasteiger partial charge on any atom is 0.341 e. The van der Waals surface area contributed by atoms with Crippen LogP contribution < -0.4 is 10.6 Å². The summed E-state index contributed by atoms with van der Waals surface area (Å²) in [4.78, 5) is 18.1. The van der Waals surface area contributed by atoms with Gasteiger partial charge in [-0.1, -0.05) is 0 Å². The number of aromatic nitrogens is 1. The molecule has 1 aromatic heterocycles. The maximum absolute atomic E-state index is 11.6. The van der Waals surface area contributed by atoms with Gasteiger partial charge in [0.15, 0.2) is 0 Å². The standard InChI is InChI=1S/C13H20N4O2/c1-19-13(18)11-3-2-4-15-12(11)16-7-10-17-8-5-14-6-9-17/h2-4,14H,5-10H2,1H3,(H,15,16). The van der Waals surface area contributed by atoms with Crippen LogP contribution >= 0.6 is 0 Å². The first-order chi connectivity index (χ1) is 9.31. The summed E-state index contributed by atoms with van der Waals surface area (Å²) in [5.74, 6) is 0.224. The molecule has 0 atom stereocenters. The number of nitrogens with zero attached hydrogens (tertiary/aromatic N) is 2. The molecule has 104 valence electrons. The minimum Gasteiger partial charge on any atom is -0.465 e. The summed E-state index contributed by atoms with van der Waals surface area (Å²) in [5.41, 5.74) is 0.477. The molecular formula is C13H20N4O2. The predicted octanol–water partition coefficient (Wildman–Crippen LogP) is 0.185. The summed E-state index contributed by atoms with van der Waals surface area (Å²) in [6.45, 7) is 5.91. The number of rotatable bonds is 5. The highest BCUT2D eigenvalue weighted by molar-refractivity contribution is 5.94. The van der Waals surface area contributed by atoms with Crippen LogP contribution in [0.3, 0.4) is 0 Å². The number of carbonyl (C=O) groups excluding carboxylic acids is 1. The largest absolute Gasteiger partial charge is 0.465 e. The van der Waals surface area contributed by atoms with Gasteiger partial charge in [-0.3, -0.25) is 4.90 Å². The minimum absolute atomic E-state index is 0.363. The monoisotopic (exact) mass is 264 g/mol. The van der Waals surface area contributed by atoms with E-state index in [1.54, 1.807) is 18.3 Å². The van der Waals surface area contributed by atoms with Crippen molar-refractivity contribution in [3.63, 3.8) is 0 Å². The number of nitrogens with one attached hydrogen (secondary N) is 2. The van der Waals surface area contributed by atoms with Crippen LogP contribution in [0.25, 0.3) is 0 Å². The first-order valence-electron chi connectivity index (χ1n) is 6.51. The quantitative estimate of drug-likeness (QED) is 0.740. The fourth-order valence-electron chi connectivity index (χ4n) is 2.09. The van der Waals surface area contributed by atoms with Gasteiger partial charge in [0.05, 0.1) is 7.11 Å². The average molecular weight is 264 g/mol. The highest BCUT2D eigenvalue weighted by Crippen LogP contribution is 2.12. The zero-order valence-electron chi connectivity index (χ0n) is 11.2. The third-order valence-electron chi connectivity index (χ3n) is 3.14. The summed E-state index contributed by atoms with van der Waals surface area (Å²) >= 11 is 0. The molecule has 19 heavy (non-hydrogen) atoms. The zero-order chi connectivity index (χ0) is 13.5. The van der Waals surface area contributed by atoms with E-state index >= 15 is 0 Å². The molecule has 0 unspecified atom stereocenters. The van der Waals surface area contributed by atoms with E-state index in [9.17, 15) is 4.79 Å². The molecule has 1 aliphatic heterocycles. The van der Waals surface area contributed by atoms with Gasteiger partial charge in [0.1, 0.15) is 11.4 Å². The van der Waals surface area contributed by atoms with Crippen LogP contribution in [-0.2, 0) is 4.74 Å². The highest BCUT2D eigenvalue weighted by atomic mass is 16.5. The summed E-state index contributed by atoms with van der Waals surface area (Å²) < 4.78 is 4.74. The molecule has 2 rings (SSSR count). The number of methoxy groups -OCH3 is 1. The molecule has 1 fully saturated rings. The maximum atomic E-state index is 11.6. The third-order valence-corrected chi connectivity index (χ3v) is 3.14. The van der Waals surface area contributed by atoms with E-state index in [0.717, 1.165) is 39.3 Å². The van der Waals surface area contributed by atoms with E-state index in [2.05, 4.69) is 20.5 Å². The summed E-state index contributed by atoms with van der Waals surface area (Å²) in [6, 6.07) is 3.44. The summed E-state index contributed by atoms with van der Waals surface area (Å²) in [7, 11) is 1.37. The predicted molar refractivity (Wildman–Crippen MR) is 73.4 cm³/mol. The van der Waals surface area contributed by atoms with Crippen molar-refractivity contribution in [1.82, 2.24) is 15.2 Å². The number of piperazine rings is 1. The first-order valence-corrected chi connectivity index (χ1v) is 6.51. The van der Waals surface area contributed by atoms with Gasteiger partial charge in [0.25, 0.3) is 0 Å². The van der Waals surface area contributed by atoms with Crippen molar-refractivity contribution in [1.29, 1.82) is 0 Å². The lowest BCUT2D eigenvalue weighted by Crippen LogP contribution is -2.45. The van der Waals surface area contributed by atoms with Crippen LogP contribution in [0.15, 0.2) is 18.3 Å². The molecule has 6 nitrogen and oxygen atoms in total. The van der Waals surface area contributed by atoms with Crippen molar-refractivity contribution in [3.05, 3.63) is 23.9 Å². The molecule has 0 saturated carbocycles. The van der Waals surface area contributed by atoms with Gasteiger partial charge >= 0.3 is 5.97 Å². The van der Waals surface area contributed by atoms with E-state index < -0.39 is 0 Å². The third kappa shape index (κ3) is 3.90. The lowest BCUT2D eigenvalue weighted by molar-refractivity contribution is 0.0601. The average Bonchev–Trinajstić information content (AvgIpc) is 2.48. The van der Waals surface area contributed by atoms with Crippen LogP contribution in [0.2, 0.25) is 0 Å². The number of hydrogen-bond acceptors (Lipinski definition) is 6. The van der Waals surface area contributed by atoms with Gasteiger partial charge < -0.3 is 15.4 Å². The lowest BCUT2D eigenvalue weighted by atomic mass is 10.2. The van der Waals surface area contributed by atoms with E-state index in [0.29, 0.717) is 11.4 Å². The summed E-state index contributed by atoms with van der Waals surface area (Å²) in [6.07, 6.45) is 1.67. The summed E-state index contributed by atoms with van der Waals surface area (Å²) in [5, 5.41) is 6.52. The van der Waals surface area contributed by atoms with Crippen molar-refractivity contribution in [3.8, 4) is 0 Å². The number of carbonyl (C=O) groups is 1. The Morgan fingerprint density at radius 2 is 2.32 bits per heavy atom.